The number of methoxy groups -OCH3 is 1. The largest absolute Gasteiger partial charge is 0.467 e. The minimum Gasteiger partial charge on any atom is -0.467 e. The van der Waals surface area contributed by atoms with E-state index in [1.54, 1.807) is 6.92 Å². The number of hydrogen-bond acceptors (Lipinski definition) is 5. The van der Waals surface area contributed by atoms with E-state index >= 15 is 0 Å². The van der Waals surface area contributed by atoms with E-state index in [-0.39, 0.29) is 6.42 Å². The van der Waals surface area contributed by atoms with E-state index in [2.05, 4.69) is 10.1 Å². The van der Waals surface area contributed by atoms with E-state index in [0.29, 0.717) is 11.1 Å². The number of hydrogen-bond donors (Lipinski definition) is 1. The number of carbonyl (C=O) groups is 2. The molecule has 0 bridgehead atoms. The molecule has 6 nitrogen and oxygen atoms in total. The van der Waals surface area contributed by atoms with Gasteiger partial charge in [-0.2, -0.15) is 10.5 Å². The molecule has 0 unspecified atom stereocenters. The standard InChI is InChI=1S/C15H15N3O3/c1-10(8-16)7-13(15(20)21-2)18-14(19)12-5-3-11(9-17)4-6-12/h3-6,10,13H,7H2,1-2H3,(H,18,19)/t10-,13-/m0/s1. The summed E-state index contributed by atoms with van der Waals surface area (Å²) in [4.78, 5) is 23.7. The Morgan fingerprint density at radius 1 is 1.29 bits per heavy atom. The molecule has 6 heteroatoms. The molecule has 0 heterocycles. The molecule has 1 aromatic rings. The lowest BCUT2D eigenvalue weighted by molar-refractivity contribution is -0.143. The first-order chi connectivity index (χ1) is 10.0. The lowest BCUT2D eigenvalue weighted by Crippen LogP contribution is -2.42. The molecule has 2 atom stereocenters. The molecule has 0 spiro atoms. The molecule has 0 aliphatic carbocycles. The Morgan fingerprint density at radius 2 is 1.90 bits per heavy atom. The van der Waals surface area contributed by atoms with Crippen molar-refractivity contribution in [1.82, 2.24) is 5.32 Å². The van der Waals surface area contributed by atoms with Gasteiger partial charge in [-0.3, -0.25) is 4.79 Å². The van der Waals surface area contributed by atoms with Gasteiger partial charge in [-0.25, -0.2) is 4.79 Å². The van der Waals surface area contributed by atoms with Crippen molar-refractivity contribution in [2.75, 3.05) is 7.11 Å². The van der Waals surface area contributed by atoms with Crippen molar-refractivity contribution in [2.45, 2.75) is 19.4 Å². The maximum Gasteiger partial charge on any atom is 0.328 e. The smallest absolute Gasteiger partial charge is 0.328 e. The molecule has 0 aromatic heterocycles. The zero-order chi connectivity index (χ0) is 15.8. The van der Waals surface area contributed by atoms with Gasteiger partial charge in [0.05, 0.1) is 24.8 Å². The zero-order valence-corrected chi connectivity index (χ0v) is 11.8. The third-order valence-corrected chi connectivity index (χ3v) is 2.88. The number of carbonyl (C=O) groups excluding carboxylic acids is 2. The Hall–Kier alpha value is -2.86. The third kappa shape index (κ3) is 4.63. The summed E-state index contributed by atoms with van der Waals surface area (Å²) in [6, 6.07) is 9.10. The highest BCUT2D eigenvalue weighted by Gasteiger charge is 2.24. The number of nitrogens with zero attached hydrogens (tertiary/aromatic N) is 2. The summed E-state index contributed by atoms with van der Waals surface area (Å²) >= 11 is 0. The Morgan fingerprint density at radius 3 is 2.38 bits per heavy atom. The monoisotopic (exact) mass is 285 g/mol. The lowest BCUT2D eigenvalue weighted by atomic mass is 10.0. The van der Waals surface area contributed by atoms with Crippen molar-refractivity contribution in [3.05, 3.63) is 35.4 Å². The second-order valence-electron chi connectivity index (χ2n) is 4.50. The SMILES string of the molecule is COC(=O)[C@H](C[C@H](C)C#N)NC(=O)c1ccc(C#N)cc1. The number of amides is 1. The third-order valence-electron chi connectivity index (χ3n) is 2.88. The van der Waals surface area contributed by atoms with Crippen molar-refractivity contribution in [1.29, 1.82) is 10.5 Å². The minimum absolute atomic E-state index is 0.172. The Kier molecular flexibility index (Phi) is 5.91. The number of nitrogens with one attached hydrogen (secondary N) is 1. The molecule has 108 valence electrons. The van der Waals surface area contributed by atoms with Crippen molar-refractivity contribution < 1.29 is 14.3 Å². The van der Waals surface area contributed by atoms with Crippen molar-refractivity contribution >= 4 is 11.9 Å². The topological polar surface area (TPSA) is 103 Å². The maximum atomic E-state index is 12.1. The van der Waals surface area contributed by atoms with Crippen LogP contribution in [-0.2, 0) is 9.53 Å². The van der Waals surface area contributed by atoms with Crippen LogP contribution in [0.3, 0.4) is 0 Å². The van der Waals surface area contributed by atoms with Crippen LogP contribution in [0.25, 0.3) is 0 Å². The van der Waals surface area contributed by atoms with Gasteiger partial charge in [-0.1, -0.05) is 0 Å². The van der Waals surface area contributed by atoms with E-state index in [4.69, 9.17) is 10.5 Å². The van der Waals surface area contributed by atoms with E-state index in [1.807, 2.05) is 12.1 Å². The van der Waals surface area contributed by atoms with Crippen LogP contribution in [-0.4, -0.2) is 25.0 Å². The molecule has 0 aliphatic rings. The van der Waals surface area contributed by atoms with Gasteiger partial charge < -0.3 is 10.1 Å². The predicted molar refractivity (Wildman–Crippen MR) is 73.8 cm³/mol. The van der Waals surface area contributed by atoms with Crippen molar-refractivity contribution in [3.63, 3.8) is 0 Å². The minimum atomic E-state index is -0.882. The highest BCUT2D eigenvalue weighted by molar-refractivity contribution is 5.96. The Balaban J connectivity index is 2.82. The van der Waals surface area contributed by atoms with Crippen LogP contribution in [0.4, 0.5) is 0 Å². The van der Waals surface area contributed by atoms with Gasteiger partial charge in [0.15, 0.2) is 0 Å². The molecule has 1 rings (SSSR count). The summed E-state index contributed by atoms with van der Waals surface area (Å²) in [5.41, 5.74) is 0.765. The molecule has 0 saturated carbocycles. The molecule has 0 radical (unpaired) electrons. The van der Waals surface area contributed by atoms with Gasteiger partial charge in [0, 0.05) is 11.5 Å². The molecular formula is C15H15N3O3. The predicted octanol–water partition coefficient (Wildman–Crippen LogP) is 1.38. The van der Waals surface area contributed by atoms with E-state index < -0.39 is 23.8 Å². The fraction of sp³-hybridized carbons (Fsp3) is 0.333. The van der Waals surface area contributed by atoms with Gasteiger partial charge in [-0.05, 0) is 37.6 Å². The van der Waals surface area contributed by atoms with Crippen LogP contribution in [0.15, 0.2) is 24.3 Å². The maximum absolute atomic E-state index is 12.1. The zero-order valence-electron chi connectivity index (χ0n) is 11.8. The fourth-order valence-electron chi connectivity index (χ4n) is 1.70. The highest BCUT2D eigenvalue weighted by Crippen LogP contribution is 2.09. The molecule has 1 aromatic carbocycles. The van der Waals surface area contributed by atoms with E-state index in [9.17, 15) is 9.59 Å². The van der Waals surface area contributed by atoms with Gasteiger partial charge in [0.2, 0.25) is 0 Å². The molecule has 21 heavy (non-hydrogen) atoms. The molecule has 0 aliphatic heterocycles. The van der Waals surface area contributed by atoms with E-state index in [1.165, 1.54) is 31.4 Å². The van der Waals surface area contributed by atoms with Crippen LogP contribution >= 0.6 is 0 Å². The molecular weight excluding hydrogens is 270 g/mol. The first-order valence-electron chi connectivity index (χ1n) is 6.30. The number of rotatable bonds is 5. The normalized spacial score (nSPS) is 12.4. The molecule has 0 fully saturated rings. The van der Waals surface area contributed by atoms with Gasteiger partial charge >= 0.3 is 5.97 Å². The van der Waals surface area contributed by atoms with Crippen LogP contribution in [0.1, 0.15) is 29.3 Å². The van der Waals surface area contributed by atoms with E-state index in [0.717, 1.165) is 0 Å². The quantitative estimate of drug-likeness (QED) is 0.823. The number of nitriles is 2. The average molecular weight is 285 g/mol. The fourth-order valence-corrected chi connectivity index (χ4v) is 1.70. The van der Waals surface area contributed by atoms with Crippen molar-refractivity contribution in [3.8, 4) is 12.1 Å². The molecule has 0 saturated heterocycles. The van der Waals surface area contributed by atoms with Crippen LogP contribution in [0, 0.1) is 28.6 Å². The summed E-state index contributed by atoms with van der Waals surface area (Å²) in [7, 11) is 1.22. The van der Waals surface area contributed by atoms with Gasteiger partial charge in [0.1, 0.15) is 6.04 Å². The average Bonchev–Trinajstić information content (AvgIpc) is 2.53. The van der Waals surface area contributed by atoms with Crippen LogP contribution in [0.5, 0.6) is 0 Å². The summed E-state index contributed by atoms with van der Waals surface area (Å²) < 4.78 is 4.62. The van der Waals surface area contributed by atoms with Crippen LogP contribution in [0.2, 0.25) is 0 Å². The number of benzene rings is 1. The number of esters is 1. The first-order valence-corrected chi connectivity index (χ1v) is 6.30. The summed E-state index contributed by atoms with van der Waals surface area (Å²) in [6.45, 7) is 1.66. The van der Waals surface area contributed by atoms with Crippen molar-refractivity contribution in [2.24, 2.45) is 5.92 Å². The lowest BCUT2D eigenvalue weighted by Gasteiger charge is -2.17. The van der Waals surface area contributed by atoms with Gasteiger partial charge in [0.25, 0.3) is 5.91 Å². The highest BCUT2D eigenvalue weighted by atomic mass is 16.5. The summed E-state index contributed by atoms with van der Waals surface area (Å²) in [6.07, 6.45) is 0.172. The van der Waals surface area contributed by atoms with Crippen LogP contribution < -0.4 is 5.32 Å². The Bertz CT molecular complexity index is 596. The summed E-state index contributed by atoms with van der Waals surface area (Å²) in [5.74, 6) is -1.45. The first kappa shape index (κ1) is 16.2. The molecule has 1 N–H and O–H groups in total. The Labute approximate surface area is 122 Å². The second kappa shape index (κ2) is 7.66. The second-order valence-corrected chi connectivity index (χ2v) is 4.50. The molecule has 1 amide bonds. The number of ether oxygens (including phenoxy) is 1. The summed E-state index contributed by atoms with van der Waals surface area (Å²) in [5, 5.41) is 20.0. The van der Waals surface area contributed by atoms with Gasteiger partial charge in [-0.15, -0.1) is 0 Å².